The summed E-state index contributed by atoms with van der Waals surface area (Å²) < 4.78 is 1.07. The van der Waals surface area contributed by atoms with E-state index in [1.165, 1.54) is 11.0 Å². The van der Waals surface area contributed by atoms with Crippen LogP contribution in [0.1, 0.15) is 10.4 Å². The van der Waals surface area contributed by atoms with Crippen LogP contribution >= 0.6 is 38.9 Å². The Hall–Kier alpha value is -0.120. The fraction of sp³-hybridized carbons (Fsp3) is 0.222. The van der Waals surface area contributed by atoms with Crippen LogP contribution < -0.4 is 0 Å². The molecule has 0 bridgehead atoms. The van der Waals surface area contributed by atoms with E-state index in [4.69, 9.17) is 11.6 Å². The molecule has 0 spiro atoms. The first kappa shape index (κ1) is 11.0. The molecule has 0 N–H and O–H groups in total. The third-order valence-electron chi connectivity index (χ3n) is 1.51. The van der Waals surface area contributed by atoms with Gasteiger partial charge in [-0.2, -0.15) is 0 Å². The number of thiophene rings is 1. The van der Waals surface area contributed by atoms with Crippen molar-refractivity contribution in [3.05, 3.63) is 26.4 Å². The van der Waals surface area contributed by atoms with Crippen LogP contribution in [0.3, 0.4) is 0 Å². The second-order valence-electron chi connectivity index (χ2n) is 2.50. The van der Waals surface area contributed by atoms with Crippen molar-refractivity contribution < 1.29 is 4.79 Å². The summed E-state index contributed by atoms with van der Waals surface area (Å²) in [6, 6.07) is 1.98. The molecule has 0 saturated carbocycles. The summed E-state index contributed by atoms with van der Waals surface area (Å²) in [4.78, 5) is 12.1. The van der Waals surface area contributed by atoms with E-state index < -0.39 is 0 Å². The Labute approximate surface area is 94.5 Å². The first-order valence-electron chi connectivity index (χ1n) is 3.66. The van der Waals surface area contributed by atoms with Gasteiger partial charge in [0.1, 0.15) is 0 Å². The van der Waals surface area contributed by atoms with Gasteiger partial charge in [0.25, 0.3) is 0 Å². The molecule has 0 unspecified atom stereocenters. The van der Waals surface area contributed by atoms with Gasteiger partial charge in [-0.1, -0.05) is 6.08 Å². The zero-order valence-electron chi connectivity index (χ0n) is 7.01. The van der Waals surface area contributed by atoms with Crippen LogP contribution in [0.2, 0.25) is 0 Å². The van der Waals surface area contributed by atoms with Crippen LogP contribution in [0.5, 0.6) is 0 Å². The summed E-state index contributed by atoms with van der Waals surface area (Å²) in [5, 5.41) is 0. The molecule has 0 atom stereocenters. The maximum atomic E-state index is 10.9. The Morgan fingerprint density at radius 3 is 2.92 bits per heavy atom. The fourth-order valence-corrected chi connectivity index (χ4v) is 2.64. The monoisotopic (exact) mass is 278 g/mol. The number of alkyl halides is 1. The summed E-state index contributed by atoms with van der Waals surface area (Å²) in [6.07, 6.45) is 3.30. The van der Waals surface area contributed by atoms with Crippen LogP contribution in [-0.4, -0.2) is 11.7 Å². The lowest BCUT2D eigenvalue weighted by molar-refractivity contribution is -0.112. The Kier molecular flexibility index (Phi) is 4.16. The normalized spacial score (nSPS) is 11.0. The SMILES string of the molecule is Cc1sc(Br)cc1C=CC(=O)CCl. The smallest absolute Gasteiger partial charge is 0.170 e. The first-order valence-corrected chi connectivity index (χ1v) is 5.80. The number of halogens is 2. The minimum absolute atomic E-state index is 0.0425. The molecule has 1 heterocycles. The largest absolute Gasteiger partial charge is 0.294 e. The van der Waals surface area contributed by atoms with Crippen molar-refractivity contribution in [2.24, 2.45) is 0 Å². The van der Waals surface area contributed by atoms with Crippen LogP contribution in [-0.2, 0) is 4.79 Å². The van der Waals surface area contributed by atoms with E-state index in [9.17, 15) is 4.79 Å². The van der Waals surface area contributed by atoms with Crippen LogP contribution in [0.25, 0.3) is 6.08 Å². The Morgan fingerprint density at radius 2 is 2.46 bits per heavy atom. The standard InChI is InChI=1S/C9H8BrClOS/c1-6-7(4-9(10)13-6)2-3-8(12)5-11/h2-4H,5H2,1H3. The summed E-state index contributed by atoms with van der Waals surface area (Å²) in [6.45, 7) is 2.01. The van der Waals surface area contributed by atoms with Gasteiger partial charge in [0.15, 0.2) is 5.78 Å². The number of carbonyl (C=O) groups excluding carboxylic acids is 1. The van der Waals surface area contributed by atoms with E-state index in [2.05, 4.69) is 15.9 Å². The van der Waals surface area contributed by atoms with Crippen molar-refractivity contribution in [1.29, 1.82) is 0 Å². The van der Waals surface area contributed by atoms with E-state index in [0.717, 1.165) is 9.35 Å². The average Bonchev–Trinajstić information content (AvgIpc) is 2.41. The van der Waals surface area contributed by atoms with Crippen molar-refractivity contribution in [3.63, 3.8) is 0 Å². The lowest BCUT2D eigenvalue weighted by Crippen LogP contribution is -1.91. The predicted octanol–water partition coefficient (Wildman–Crippen LogP) is 3.64. The lowest BCUT2D eigenvalue weighted by Gasteiger charge is -1.87. The quantitative estimate of drug-likeness (QED) is 0.610. The van der Waals surface area contributed by atoms with Crippen molar-refractivity contribution >= 4 is 50.7 Å². The molecule has 4 heteroatoms. The summed E-state index contributed by atoms with van der Waals surface area (Å²) >= 11 is 10.4. The van der Waals surface area contributed by atoms with Crippen molar-refractivity contribution in [2.75, 3.05) is 5.88 Å². The van der Waals surface area contributed by atoms with E-state index in [1.807, 2.05) is 13.0 Å². The van der Waals surface area contributed by atoms with Crippen molar-refractivity contribution in [3.8, 4) is 0 Å². The minimum atomic E-state index is -0.0663. The second-order valence-corrected chi connectivity index (χ2v) is 5.40. The number of carbonyl (C=O) groups is 1. The predicted molar refractivity (Wildman–Crippen MR) is 61.5 cm³/mol. The lowest BCUT2D eigenvalue weighted by atomic mass is 10.2. The summed E-state index contributed by atoms with van der Waals surface area (Å²) in [5.41, 5.74) is 1.07. The molecule has 1 aromatic rings. The van der Waals surface area contributed by atoms with Gasteiger partial charge in [0.05, 0.1) is 9.67 Å². The van der Waals surface area contributed by atoms with Crippen LogP contribution in [0, 0.1) is 6.92 Å². The molecule has 13 heavy (non-hydrogen) atoms. The molecule has 0 amide bonds. The molecule has 1 nitrogen and oxygen atoms in total. The molecule has 1 aromatic heterocycles. The highest BCUT2D eigenvalue weighted by Crippen LogP contribution is 2.27. The highest BCUT2D eigenvalue weighted by molar-refractivity contribution is 9.11. The molecule has 0 aliphatic heterocycles. The third-order valence-corrected chi connectivity index (χ3v) is 3.34. The zero-order valence-corrected chi connectivity index (χ0v) is 10.2. The fourth-order valence-electron chi connectivity index (χ4n) is 0.851. The van der Waals surface area contributed by atoms with E-state index >= 15 is 0 Å². The molecule has 0 saturated heterocycles. The van der Waals surface area contributed by atoms with Gasteiger partial charge in [-0.15, -0.1) is 22.9 Å². The van der Waals surface area contributed by atoms with Crippen molar-refractivity contribution in [2.45, 2.75) is 6.92 Å². The number of allylic oxidation sites excluding steroid dienone is 1. The second kappa shape index (κ2) is 4.94. The molecule has 0 fully saturated rings. The van der Waals surface area contributed by atoms with Gasteiger partial charge in [-0.25, -0.2) is 0 Å². The van der Waals surface area contributed by atoms with E-state index in [0.29, 0.717) is 0 Å². The number of hydrogen-bond acceptors (Lipinski definition) is 2. The summed E-state index contributed by atoms with van der Waals surface area (Å²) in [5.74, 6) is -0.0238. The zero-order chi connectivity index (χ0) is 9.84. The molecule has 1 rings (SSSR count). The van der Waals surface area contributed by atoms with Gasteiger partial charge >= 0.3 is 0 Å². The highest BCUT2D eigenvalue weighted by atomic mass is 79.9. The van der Waals surface area contributed by atoms with Gasteiger partial charge < -0.3 is 0 Å². The molecular formula is C9H8BrClOS. The van der Waals surface area contributed by atoms with Crippen LogP contribution in [0.15, 0.2) is 15.9 Å². The van der Waals surface area contributed by atoms with Crippen molar-refractivity contribution in [1.82, 2.24) is 0 Å². The summed E-state index contributed by atoms with van der Waals surface area (Å²) in [7, 11) is 0. The molecule has 70 valence electrons. The Morgan fingerprint density at radius 1 is 1.77 bits per heavy atom. The van der Waals surface area contributed by atoms with E-state index in [-0.39, 0.29) is 11.7 Å². The van der Waals surface area contributed by atoms with Gasteiger partial charge in [-0.3, -0.25) is 4.79 Å². The van der Waals surface area contributed by atoms with Gasteiger partial charge in [-0.05, 0) is 40.6 Å². The first-order chi connectivity index (χ1) is 6.13. The van der Waals surface area contributed by atoms with Gasteiger partial charge in [0.2, 0.25) is 0 Å². The van der Waals surface area contributed by atoms with Gasteiger partial charge in [0, 0.05) is 4.88 Å². The third kappa shape index (κ3) is 3.25. The molecule has 0 aliphatic carbocycles. The minimum Gasteiger partial charge on any atom is -0.294 e. The molecular weight excluding hydrogens is 272 g/mol. The number of rotatable bonds is 3. The number of aryl methyl sites for hydroxylation is 1. The molecule has 0 radical (unpaired) electrons. The number of hydrogen-bond donors (Lipinski definition) is 0. The number of ketones is 1. The highest BCUT2D eigenvalue weighted by Gasteiger charge is 2.00. The Balaban J connectivity index is 2.79. The molecule has 0 aliphatic rings. The topological polar surface area (TPSA) is 17.1 Å². The molecule has 0 aromatic carbocycles. The maximum Gasteiger partial charge on any atom is 0.170 e. The van der Waals surface area contributed by atoms with Crippen LogP contribution in [0.4, 0.5) is 0 Å². The average molecular weight is 280 g/mol. The maximum absolute atomic E-state index is 10.9. The Bertz CT molecular complexity index is 343. The van der Waals surface area contributed by atoms with E-state index in [1.54, 1.807) is 17.4 Å².